The number of ether oxygens (including phenoxy) is 1. The van der Waals surface area contributed by atoms with Crippen molar-refractivity contribution in [3.63, 3.8) is 0 Å². The molecule has 1 atom stereocenters. The van der Waals surface area contributed by atoms with E-state index >= 15 is 0 Å². The fraction of sp³-hybridized carbons (Fsp3) is 0.972. The largest absolute Gasteiger partial charge is 0.465 e. The lowest BCUT2D eigenvalue weighted by molar-refractivity contribution is -0.145. The minimum Gasteiger partial charge on any atom is -0.465 e. The van der Waals surface area contributed by atoms with E-state index in [0.29, 0.717) is 18.9 Å². The first kappa shape index (κ1) is 38.9. The van der Waals surface area contributed by atoms with Gasteiger partial charge in [0.25, 0.3) is 0 Å². The second kappa shape index (κ2) is 29.4. The number of carbonyl (C=O) groups is 1. The van der Waals surface area contributed by atoms with Gasteiger partial charge in [0.15, 0.2) is 0 Å². The molecule has 0 N–H and O–H groups in total. The average molecular weight is 570 g/mol. The Morgan fingerprint density at radius 1 is 0.513 bits per heavy atom. The quantitative estimate of drug-likeness (QED) is 0.0471. The highest BCUT2D eigenvalue weighted by atomic mass is 31.2. The molecule has 2 nitrogen and oxygen atoms in total. The minimum atomic E-state index is -0.985. The molecule has 234 valence electrons. The Bertz CT molecular complexity index is 465. The van der Waals surface area contributed by atoms with E-state index < -0.39 is 7.26 Å². The lowest BCUT2D eigenvalue weighted by atomic mass is 10.0. The van der Waals surface area contributed by atoms with Crippen LogP contribution in [-0.2, 0) is 9.53 Å². The predicted molar refractivity (Wildman–Crippen MR) is 180 cm³/mol. The molecular formula is C36H74O2P+. The van der Waals surface area contributed by atoms with Gasteiger partial charge in [0.1, 0.15) is 0 Å². The highest BCUT2D eigenvalue weighted by molar-refractivity contribution is 7.75. The van der Waals surface area contributed by atoms with Crippen molar-refractivity contribution < 1.29 is 9.53 Å². The van der Waals surface area contributed by atoms with Gasteiger partial charge in [0, 0.05) is 13.7 Å². The van der Waals surface area contributed by atoms with E-state index in [0.717, 1.165) is 12.8 Å². The van der Waals surface area contributed by atoms with E-state index in [9.17, 15) is 4.79 Å². The van der Waals surface area contributed by atoms with Gasteiger partial charge in [-0.25, -0.2) is 0 Å². The fourth-order valence-corrected chi connectivity index (χ4v) is 10.9. The monoisotopic (exact) mass is 570 g/mol. The molecular weight excluding hydrogens is 495 g/mol. The highest BCUT2D eigenvalue weighted by Crippen LogP contribution is 2.61. The number of unbranched alkanes of at least 4 members (excludes halogenated alkanes) is 16. The van der Waals surface area contributed by atoms with Gasteiger partial charge in [-0.2, -0.15) is 0 Å². The summed E-state index contributed by atoms with van der Waals surface area (Å²) >= 11 is 0. The summed E-state index contributed by atoms with van der Waals surface area (Å²) in [5.41, 5.74) is 0. The molecule has 0 fully saturated rings. The summed E-state index contributed by atoms with van der Waals surface area (Å²) in [6.45, 7) is 12.1. The van der Waals surface area contributed by atoms with Crippen LogP contribution in [0.5, 0.6) is 0 Å². The molecule has 39 heavy (non-hydrogen) atoms. The minimum absolute atomic E-state index is 0.0711. The maximum atomic E-state index is 12.7. The first-order chi connectivity index (χ1) is 19.1. The van der Waals surface area contributed by atoms with E-state index in [1.165, 1.54) is 159 Å². The van der Waals surface area contributed by atoms with Crippen LogP contribution in [0, 0.1) is 5.92 Å². The Morgan fingerprint density at radius 2 is 0.897 bits per heavy atom. The Labute approximate surface area is 248 Å². The van der Waals surface area contributed by atoms with Gasteiger partial charge in [-0.15, -0.1) is 0 Å². The Morgan fingerprint density at radius 3 is 1.31 bits per heavy atom. The summed E-state index contributed by atoms with van der Waals surface area (Å²) in [6.07, 6.45) is 37.6. The maximum Gasteiger partial charge on any atom is 0.305 e. The van der Waals surface area contributed by atoms with Gasteiger partial charge in [0.2, 0.25) is 0 Å². The van der Waals surface area contributed by atoms with Gasteiger partial charge in [-0.05, 0) is 57.3 Å². The number of hydrogen-bond acceptors (Lipinski definition) is 2. The van der Waals surface area contributed by atoms with Crippen LogP contribution >= 0.6 is 7.26 Å². The smallest absolute Gasteiger partial charge is 0.305 e. The lowest BCUT2D eigenvalue weighted by Gasteiger charge is -2.28. The number of hydrogen-bond donors (Lipinski definition) is 0. The highest BCUT2D eigenvalue weighted by Gasteiger charge is 2.35. The van der Waals surface area contributed by atoms with Crippen molar-refractivity contribution in [1.29, 1.82) is 0 Å². The standard InChI is InChI=1S/C36H74O2P/c1-6-11-15-18-21-24-30-39(31-25-22-19-16-12-7-2,32-26-23-20-17-13-8-3)33-27-29-36(37)38-34-35(10-5)28-14-9-4/h35H,6-34H2,1-5H3/q+1. The van der Waals surface area contributed by atoms with Crippen molar-refractivity contribution in [2.75, 3.05) is 31.3 Å². The molecule has 0 aliphatic rings. The second-order valence-corrected chi connectivity index (χ2v) is 17.2. The first-order valence-corrected chi connectivity index (χ1v) is 20.6. The Balaban J connectivity index is 5.01. The van der Waals surface area contributed by atoms with Crippen molar-refractivity contribution in [3.05, 3.63) is 0 Å². The maximum absolute atomic E-state index is 12.7. The van der Waals surface area contributed by atoms with Crippen LogP contribution in [0.1, 0.15) is 189 Å². The van der Waals surface area contributed by atoms with Crippen LogP contribution in [0.4, 0.5) is 0 Å². The van der Waals surface area contributed by atoms with E-state index in [1.807, 2.05) is 0 Å². The zero-order valence-corrected chi connectivity index (χ0v) is 28.7. The second-order valence-electron chi connectivity index (χ2n) is 12.7. The van der Waals surface area contributed by atoms with Crippen molar-refractivity contribution in [2.24, 2.45) is 5.92 Å². The van der Waals surface area contributed by atoms with Crippen molar-refractivity contribution in [2.45, 2.75) is 189 Å². The van der Waals surface area contributed by atoms with Crippen LogP contribution in [-0.4, -0.2) is 37.2 Å². The normalized spacial score (nSPS) is 12.6. The summed E-state index contributed by atoms with van der Waals surface area (Å²) in [7, 11) is -0.985. The van der Waals surface area contributed by atoms with E-state index in [1.54, 1.807) is 0 Å². The third-order valence-electron chi connectivity index (χ3n) is 8.99. The number of carbonyl (C=O) groups excluding carboxylic acids is 1. The van der Waals surface area contributed by atoms with Gasteiger partial charge in [-0.3, -0.25) is 4.79 Å². The SMILES string of the molecule is CCCCCCCC[P+](CCCCCCCC)(CCCCCCCC)CCCC(=O)OCC(CC)CCCC. The Kier molecular flexibility index (Phi) is 29.3. The molecule has 3 heteroatoms. The molecule has 0 rings (SSSR count). The average Bonchev–Trinajstić information content (AvgIpc) is 2.94. The predicted octanol–water partition coefficient (Wildman–Crippen LogP) is 12.6. The summed E-state index contributed by atoms with van der Waals surface area (Å²) in [5.74, 6) is 0.621. The zero-order chi connectivity index (χ0) is 28.9. The first-order valence-electron chi connectivity index (χ1n) is 18.1. The molecule has 0 amide bonds. The van der Waals surface area contributed by atoms with Crippen LogP contribution < -0.4 is 0 Å². The molecule has 0 saturated carbocycles. The van der Waals surface area contributed by atoms with Crippen molar-refractivity contribution in [1.82, 2.24) is 0 Å². The van der Waals surface area contributed by atoms with Crippen LogP contribution in [0.15, 0.2) is 0 Å². The van der Waals surface area contributed by atoms with Crippen LogP contribution in [0.3, 0.4) is 0 Å². The summed E-state index contributed by atoms with van der Waals surface area (Å²) < 4.78 is 5.79. The third kappa shape index (κ3) is 24.2. The van der Waals surface area contributed by atoms with Crippen molar-refractivity contribution in [3.8, 4) is 0 Å². The topological polar surface area (TPSA) is 26.3 Å². The molecule has 0 aromatic heterocycles. The summed E-state index contributed by atoms with van der Waals surface area (Å²) in [6, 6.07) is 0. The summed E-state index contributed by atoms with van der Waals surface area (Å²) in [5, 5.41) is 0. The van der Waals surface area contributed by atoms with Gasteiger partial charge >= 0.3 is 5.97 Å². The number of esters is 1. The third-order valence-corrected chi connectivity index (χ3v) is 14.1. The molecule has 0 aliphatic heterocycles. The molecule has 0 aromatic carbocycles. The summed E-state index contributed by atoms with van der Waals surface area (Å²) in [4.78, 5) is 12.7. The van der Waals surface area contributed by atoms with E-state index in [-0.39, 0.29) is 5.97 Å². The van der Waals surface area contributed by atoms with Crippen LogP contribution in [0.25, 0.3) is 0 Å². The van der Waals surface area contributed by atoms with Gasteiger partial charge < -0.3 is 4.74 Å². The van der Waals surface area contributed by atoms with E-state index in [2.05, 4.69) is 34.6 Å². The molecule has 0 heterocycles. The van der Waals surface area contributed by atoms with Gasteiger partial charge in [0.05, 0.1) is 31.3 Å². The fourth-order valence-electron chi connectivity index (χ4n) is 6.09. The Hall–Kier alpha value is -0.100. The lowest BCUT2D eigenvalue weighted by Crippen LogP contribution is -2.16. The van der Waals surface area contributed by atoms with E-state index in [4.69, 9.17) is 4.74 Å². The van der Waals surface area contributed by atoms with Gasteiger partial charge in [-0.1, -0.05) is 131 Å². The molecule has 0 aromatic rings. The van der Waals surface area contributed by atoms with Crippen LogP contribution in [0.2, 0.25) is 0 Å². The molecule has 0 saturated heterocycles. The zero-order valence-electron chi connectivity index (χ0n) is 27.8. The molecule has 0 radical (unpaired) electrons. The molecule has 0 aliphatic carbocycles. The van der Waals surface area contributed by atoms with Crippen molar-refractivity contribution >= 4 is 13.2 Å². The number of rotatable bonds is 31. The molecule has 1 unspecified atom stereocenters. The molecule has 0 bridgehead atoms. The molecule has 0 spiro atoms.